The number of hydrogen-bond donors (Lipinski definition) is 1. The van der Waals surface area contributed by atoms with Gasteiger partial charge in [-0.3, -0.25) is 0 Å². The zero-order valence-corrected chi connectivity index (χ0v) is 4.69. The second-order valence-corrected chi connectivity index (χ2v) is 1.84. The molecule has 2 nitrogen and oxygen atoms in total. The largest absolute Gasteiger partial charge is 0.373 e. The van der Waals surface area contributed by atoms with Gasteiger partial charge in [-0.25, -0.2) is 4.39 Å². The first-order valence-electron chi connectivity index (χ1n) is 2.82. The van der Waals surface area contributed by atoms with Crippen molar-refractivity contribution in [3.8, 4) is 0 Å². The topological polar surface area (TPSA) is 21.3 Å². The van der Waals surface area contributed by atoms with E-state index in [9.17, 15) is 4.39 Å². The third-order valence-corrected chi connectivity index (χ3v) is 1.17. The molecule has 0 aromatic carbocycles. The summed E-state index contributed by atoms with van der Waals surface area (Å²) in [7, 11) is 0. The van der Waals surface area contributed by atoms with Crippen LogP contribution in [-0.4, -0.2) is 32.5 Å². The second kappa shape index (κ2) is 2.99. The fraction of sp³-hybridized carbons (Fsp3) is 1.00. The van der Waals surface area contributed by atoms with Crippen LogP contribution < -0.4 is 5.32 Å². The van der Waals surface area contributed by atoms with E-state index in [0.717, 1.165) is 13.1 Å². The van der Waals surface area contributed by atoms with Crippen molar-refractivity contribution in [2.75, 3.05) is 26.4 Å². The van der Waals surface area contributed by atoms with E-state index < -0.39 is 0 Å². The Kier molecular flexibility index (Phi) is 2.24. The molecule has 0 radical (unpaired) electrons. The molecule has 1 rings (SSSR count). The van der Waals surface area contributed by atoms with E-state index in [1.807, 2.05) is 0 Å². The molecule has 1 aliphatic heterocycles. The van der Waals surface area contributed by atoms with Gasteiger partial charge in [-0.15, -0.1) is 0 Å². The molecule has 1 heterocycles. The van der Waals surface area contributed by atoms with Crippen molar-refractivity contribution >= 4 is 0 Å². The standard InChI is InChI=1S/C5H10FNO/c6-1-2-8-5-3-7-4-5/h5,7H,1-4H2. The SMILES string of the molecule is FCCOC1CNC1. The summed E-state index contributed by atoms with van der Waals surface area (Å²) in [6, 6.07) is 0. The van der Waals surface area contributed by atoms with Crippen LogP contribution in [0.2, 0.25) is 0 Å². The minimum absolute atomic E-state index is 0.256. The Balaban J connectivity index is 1.86. The summed E-state index contributed by atoms with van der Waals surface area (Å²) in [5.41, 5.74) is 0. The van der Waals surface area contributed by atoms with E-state index in [-0.39, 0.29) is 19.4 Å². The van der Waals surface area contributed by atoms with Crippen molar-refractivity contribution in [2.24, 2.45) is 0 Å². The molecule has 48 valence electrons. The van der Waals surface area contributed by atoms with Gasteiger partial charge in [0.2, 0.25) is 0 Å². The van der Waals surface area contributed by atoms with Gasteiger partial charge in [0.05, 0.1) is 12.7 Å². The Bertz CT molecular complexity index is 65.4. The van der Waals surface area contributed by atoms with Crippen molar-refractivity contribution in [1.82, 2.24) is 5.32 Å². The van der Waals surface area contributed by atoms with Crippen LogP contribution in [0, 0.1) is 0 Å². The molecule has 1 saturated heterocycles. The molecular weight excluding hydrogens is 109 g/mol. The van der Waals surface area contributed by atoms with Crippen LogP contribution in [0.3, 0.4) is 0 Å². The minimum atomic E-state index is -0.365. The third kappa shape index (κ3) is 1.42. The molecule has 1 aliphatic rings. The highest BCUT2D eigenvalue weighted by Gasteiger charge is 2.15. The average molecular weight is 119 g/mol. The zero-order valence-electron chi connectivity index (χ0n) is 4.69. The maximum Gasteiger partial charge on any atom is 0.113 e. The van der Waals surface area contributed by atoms with Crippen LogP contribution in [0.25, 0.3) is 0 Å². The highest BCUT2D eigenvalue weighted by molar-refractivity contribution is 4.74. The summed E-state index contributed by atoms with van der Waals surface area (Å²) in [5.74, 6) is 0. The molecule has 0 amide bonds. The quantitative estimate of drug-likeness (QED) is 0.562. The summed E-state index contributed by atoms with van der Waals surface area (Å²) in [5, 5.41) is 3.02. The number of rotatable bonds is 3. The molecule has 0 unspecified atom stereocenters. The fourth-order valence-electron chi connectivity index (χ4n) is 0.591. The number of ether oxygens (including phenoxy) is 1. The molecule has 0 bridgehead atoms. The first-order chi connectivity index (χ1) is 3.93. The molecule has 0 saturated carbocycles. The van der Waals surface area contributed by atoms with E-state index >= 15 is 0 Å². The van der Waals surface area contributed by atoms with Crippen molar-refractivity contribution in [3.05, 3.63) is 0 Å². The van der Waals surface area contributed by atoms with Gasteiger partial charge in [-0.1, -0.05) is 0 Å². The minimum Gasteiger partial charge on any atom is -0.373 e. The van der Waals surface area contributed by atoms with Crippen molar-refractivity contribution in [1.29, 1.82) is 0 Å². The van der Waals surface area contributed by atoms with Crippen molar-refractivity contribution in [2.45, 2.75) is 6.10 Å². The first kappa shape index (κ1) is 5.98. The first-order valence-corrected chi connectivity index (χ1v) is 2.82. The molecule has 0 aromatic rings. The lowest BCUT2D eigenvalue weighted by molar-refractivity contribution is 0.0124. The van der Waals surface area contributed by atoms with Crippen molar-refractivity contribution < 1.29 is 9.13 Å². The van der Waals surface area contributed by atoms with Crippen LogP contribution >= 0.6 is 0 Å². The Morgan fingerprint density at radius 1 is 1.62 bits per heavy atom. The molecule has 0 spiro atoms. The smallest absolute Gasteiger partial charge is 0.113 e. The maximum absolute atomic E-state index is 11.4. The Morgan fingerprint density at radius 2 is 2.38 bits per heavy atom. The van der Waals surface area contributed by atoms with Gasteiger partial charge < -0.3 is 10.1 Å². The second-order valence-electron chi connectivity index (χ2n) is 1.84. The molecule has 1 fully saturated rings. The Morgan fingerprint density at radius 3 is 2.75 bits per heavy atom. The molecule has 0 atom stereocenters. The highest BCUT2D eigenvalue weighted by atomic mass is 19.1. The molecule has 8 heavy (non-hydrogen) atoms. The average Bonchev–Trinajstić information content (AvgIpc) is 1.63. The number of halogens is 1. The van der Waals surface area contributed by atoms with Gasteiger partial charge >= 0.3 is 0 Å². The Labute approximate surface area is 48.0 Å². The number of nitrogens with one attached hydrogen (secondary N) is 1. The predicted octanol–water partition coefficient (Wildman–Crippen LogP) is -0.0557. The fourth-order valence-corrected chi connectivity index (χ4v) is 0.591. The lowest BCUT2D eigenvalue weighted by atomic mass is 10.2. The lowest BCUT2D eigenvalue weighted by Gasteiger charge is -2.26. The van der Waals surface area contributed by atoms with E-state index in [2.05, 4.69) is 5.32 Å². The Hall–Kier alpha value is -0.150. The van der Waals surface area contributed by atoms with Gasteiger partial charge in [0, 0.05) is 13.1 Å². The summed E-state index contributed by atoms with van der Waals surface area (Å²) in [6.45, 7) is 1.67. The van der Waals surface area contributed by atoms with Crippen LogP contribution in [0.4, 0.5) is 4.39 Å². The monoisotopic (exact) mass is 119 g/mol. The van der Waals surface area contributed by atoms with Crippen LogP contribution in [-0.2, 0) is 4.74 Å². The number of hydrogen-bond acceptors (Lipinski definition) is 2. The summed E-state index contributed by atoms with van der Waals surface area (Å²) in [4.78, 5) is 0. The molecule has 3 heteroatoms. The van der Waals surface area contributed by atoms with Gasteiger partial charge in [0.15, 0.2) is 0 Å². The third-order valence-electron chi connectivity index (χ3n) is 1.17. The highest BCUT2D eigenvalue weighted by Crippen LogP contribution is 1.96. The molecule has 0 aliphatic carbocycles. The van der Waals surface area contributed by atoms with E-state index in [1.165, 1.54) is 0 Å². The van der Waals surface area contributed by atoms with Crippen LogP contribution in [0.15, 0.2) is 0 Å². The normalized spacial score (nSPS) is 20.6. The van der Waals surface area contributed by atoms with Gasteiger partial charge in [0.25, 0.3) is 0 Å². The zero-order chi connectivity index (χ0) is 5.82. The van der Waals surface area contributed by atoms with Crippen LogP contribution in [0.1, 0.15) is 0 Å². The van der Waals surface area contributed by atoms with E-state index in [0.29, 0.717) is 0 Å². The van der Waals surface area contributed by atoms with E-state index in [1.54, 1.807) is 0 Å². The van der Waals surface area contributed by atoms with E-state index in [4.69, 9.17) is 4.74 Å². The van der Waals surface area contributed by atoms with Gasteiger partial charge in [0.1, 0.15) is 6.67 Å². The molecule has 1 N–H and O–H groups in total. The summed E-state index contributed by atoms with van der Waals surface area (Å²) < 4.78 is 16.4. The van der Waals surface area contributed by atoms with Gasteiger partial charge in [-0.05, 0) is 0 Å². The van der Waals surface area contributed by atoms with Crippen molar-refractivity contribution in [3.63, 3.8) is 0 Å². The van der Waals surface area contributed by atoms with Gasteiger partial charge in [-0.2, -0.15) is 0 Å². The maximum atomic E-state index is 11.4. The molecule has 0 aromatic heterocycles. The lowest BCUT2D eigenvalue weighted by Crippen LogP contribution is -2.48. The number of alkyl halides is 1. The predicted molar refractivity (Wildman–Crippen MR) is 28.6 cm³/mol. The summed E-state index contributed by atoms with van der Waals surface area (Å²) >= 11 is 0. The summed E-state index contributed by atoms with van der Waals surface area (Å²) in [6.07, 6.45) is 0.283. The molecular formula is C5H10FNO. The van der Waals surface area contributed by atoms with Crippen LogP contribution in [0.5, 0.6) is 0 Å².